The van der Waals surface area contributed by atoms with Crippen LogP contribution in [-0.4, -0.2) is 35.7 Å². The summed E-state index contributed by atoms with van der Waals surface area (Å²) in [5.41, 5.74) is 1.37. The van der Waals surface area contributed by atoms with Crippen LogP contribution in [0.25, 0.3) is 0 Å². The van der Waals surface area contributed by atoms with E-state index in [4.69, 9.17) is 4.74 Å². The van der Waals surface area contributed by atoms with Gasteiger partial charge in [-0.3, -0.25) is 0 Å². The first kappa shape index (κ1) is 14.8. The molecule has 112 valence electrons. The molecule has 0 radical (unpaired) electrons. The zero-order valence-corrected chi connectivity index (χ0v) is 14.2. The van der Waals surface area contributed by atoms with Crippen LogP contribution in [0.3, 0.4) is 0 Å². The van der Waals surface area contributed by atoms with E-state index in [2.05, 4.69) is 31.2 Å². The van der Waals surface area contributed by atoms with Crippen molar-refractivity contribution in [2.75, 3.05) is 25.2 Å². The minimum absolute atomic E-state index is 0.163. The number of hydrogen-bond acceptors (Lipinski definition) is 5. The van der Waals surface area contributed by atoms with Crippen molar-refractivity contribution in [2.45, 2.75) is 44.8 Å². The summed E-state index contributed by atoms with van der Waals surface area (Å²) in [4.78, 5) is 6.04. The molecule has 0 saturated carbocycles. The Kier molecular flexibility index (Phi) is 4.41. The van der Waals surface area contributed by atoms with Crippen LogP contribution >= 0.6 is 23.1 Å². The number of nitrogens with zero attached hydrogens (tertiary/aromatic N) is 1. The maximum absolute atomic E-state index is 6.16. The van der Waals surface area contributed by atoms with Gasteiger partial charge in [0.2, 0.25) is 0 Å². The maximum Gasteiger partial charge on any atom is 0.0900 e. The lowest BCUT2D eigenvalue weighted by Gasteiger charge is -2.40. The number of aryl methyl sites for hydroxylation is 2. The van der Waals surface area contributed by atoms with E-state index in [1.54, 1.807) is 0 Å². The summed E-state index contributed by atoms with van der Waals surface area (Å²) in [6.45, 7) is 5.16. The lowest BCUT2D eigenvalue weighted by atomic mass is 9.80. The average Bonchev–Trinajstić information content (AvgIpc) is 2.99. The highest BCUT2D eigenvalue weighted by Gasteiger charge is 2.43. The van der Waals surface area contributed by atoms with Gasteiger partial charge in [0.15, 0.2) is 0 Å². The SMILES string of the molecule is CNC(c1sc(C)nc1C)C1CCOC2(CCSC2)C1. The molecule has 0 bridgehead atoms. The van der Waals surface area contributed by atoms with Gasteiger partial charge in [-0.25, -0.2) is 4.98 Å². The molecular formula is C15H24N2OS2. The zero-order valence-electron chi connectivity index (χ0n) is 12.6. The van der Waals surface area contributed by atoms with E-state index < -0.39 is 0 Å². The highest BCUT2D eigenvalue weighted by atomic mass is 32.2. The predicted octanol–water partition coefficient (Wildman–Crippen LogP) is 3.32. The quantitative estimate of drug-likeness (QED) is 0.928. The second kappa shape index (κ2) is 5.95. The molecule has 1 aromatic heterocycles. The zero-order chi connectivity index (χ0) is 14.2. The van der Waals surface area contributed by atoms with Crippen molar-refractivity contribution in [3.8, 4) is 0 Å². The van der Waals surface area contributed by atoms with E-state index in [1.165, 1.54) is 39.9 Å². The number of rotatable bonds is 3. The molecule has 0 amide bonds. The smallest absolute Gasteiger partial charge is 0.0900 e. The molecule has 3 unspecified atom stereocenters. The summed E-state index contributed by atoms with van der Waals surface area (Å²) in [5, 5.41) is 4.73. The average molecular weight is 313 g/mol. The molecule has 1 spiro atoms. The van der Waals surface area contributed by atoms with Crippen molar-refractivity contribution in [1.82, 2.24) is 10.3 Å². The summed E-state index contributed by atoms with van der Waals surface area (Å²) in [7, 11) is 2.09. The minimum Gasteiger partial charge on any atom is -0.374 e. The van der Waals surface area contributed by atoms with Gasteiger partial charge in [0.1, 0.15) is 0 Å². The van der Waals surface area contributed by atoms with Gasteiger partial charge in [0, 0.05) is 23.3 Å². The van der Waals surface area contributed by atoms with Crippen LogP contribution in [0.4, 0.5) is 0 Å². The lowest BCUT2D eigenvalue weighted by molar-refractivity contribution is -0.0849. The predicted molar refractivity (Wildman–Crippen MR) is 86.7 cm³/mol. The van der Waals surface area contributed by atoms with E-state index in [0.717, 1.165) is 13.0 Å². The van der Waals surface area contributed by atoms with Gasteiger partial charge in [-0.15, -0.1) is 11.3 Å². The fourth-order valence-electron chi connectivity index (χ4n) is 3.63. The third kappa shape index (κ3) is 2.78. The fraction of sp³-hybridized carbons (Fsp3) is 0.800. The van der Waals surface area contributed by atoms with Crippen LogP contribution in [0.2, 0.25) is 0 Å². The highest BCUT2D eigenvalue weighted by molar-refractivity contribution is 7.99. The molecule has 2 aliphatic rings. The molecule has 0 aromatic carbocycles. The van der Waals surface area contributed by atoms with E-state index >= 15 is 0 Å². The summed E-state index contributed by atoms with van der Waals surface area (Å²) >= 11 is 3.90. The number of ether oxygens (including phenoxy) is 1. The molecule has 3 nitrogen and oxygen atoms in total. The first-order chi connectivity index (χ1) is 9.63. The van der Waals surface area contributed by atoms with Crippen LogP contribution in [-0.2, 0) is 4.74 Å². The van der Waals surface area contributed by atoms with Gasteiger partial charge in [0.25, 0.3) is 0 Å². The van der Waals surface area contributed by atoms with Crippen molar-refractivity contribution in [3.05, 3.63) is 15.6 Å². The van der Waals surface area contributed by atoms with Crippen LogP contribution in [0.15, 0.2) is 0 Å². The largest absolute Gasteiger partial charge is 0.374 e. The maximum atomic E-state index is 6.16. The van der Waals surface area contributed by atoms with Crippen molar-refractivity contribution in [2.24, 2.45) is 5.92 Å². The van der Waals surface area contributed by atoms with Crippen molar-refractivity contribution >= 4 is 23.1 Å². The summed E-state index contributed by atoms with van der Waals surface area (Å²) in [6.07, 6.45) is 3.58. The Balaban J connectivity index is 1.80. The van der Waals surface area contributed by atoms with E-state index in [0.29, 0.717) is 12.0 Å². The van der Waals surface area contributed by atoms with E-state index in [9.17, 15) is 0 Å². The molecule has 3 heterocycles. The summed E-state index contributed by atoms with van der Waals surface area (Å²) < 4.78 is 6.16. The molecule has 2 fully saturated rings. The molecule has 20 heavy (non-hydrogen) atoms. The van der Waals surface area contributed by atoms with Crippen molar-refractivity contribution in [3.63, 3.8) is 0 Å². The molecule has 3 rings (SSSR count). The van der Waals surface area contributed by atoms with Gasteiger partial charge in [-0.2, -0.15) is 11.8 Å². The second-order valence-corrected chi connectivity index (χ2v) is 8.38. The van der Waals surface area contributed by atoms with Gasteiger partial charge in [-0.05, 0) is 51.8 Å². The summed E-state index contributed by atoms with van der Waals surface area (Å²) in [6, 6.07) is 0.438. The van der Waals surface area contributed by atoms with Gasteiger partial charge < -0.3 is 10.1 Å². The number of thioether (sulfide) groups is 1. The monoisotopic (exact) mass is 312 g/mol. The van der Waals surface area contributed by atoms with Gasteiger partial charge >= 0.3 is 0 Å². The first-order valence-corrected chi connectivity index (χ1v) is 9.43. The molecule has 0 aliphatic carbocycles. The van der Waals surface area contributed by atoms with Crippen LogP contribution in [0.5, 0.6) is 0 Å². The standard InChI is InChI=1S/C15H24N2OS2/c1-10-14(20-11(2)17-10)13(16-3)12-4-6-18-15(8-12)5-7-19-9-15/h12-13,16H,4-9H2,1-3H3. The van der Waals surface area contributed by atoms with E-state index in [1.807, 2.05) is 23.1 Å². The molecular weight excluding hydrogens is 288 g/mol. The van der Waals surface area contributed by atoms with Crippen molar-refractivity contribution in [1.29, 1.82) is 0 Å². The Morgan fingerprint density at radius 1 is 1.45 bits per heavy atom. The Morgan fingerprint density at radius 2 is 2.30 bits per heavy atom. The fourth-order valence-corrected chi connectivity index (χ4v) is 6.14. The first-order valence-electron chi connectivity index (χ1n) is 7.46. The molecule has 2 aliphatic heterocycles. The lowest BCUT2D eigenvalue weighted by Crippen LogP contribution is -2.43. The third-order valence-corrected chi connectivity index (χ3v) is 6.98. The van der Waals surface area contributed by atoms with Gasteiger partial charge in [0.05, 0.1) is 16.3 Å². The Morgan fingerprint density at radius 3 is 2.90 bits per heavy atom. The number of thiazole rings is 1. The highest BCUT2D eigenvalue weighted by Crippen LogP contribution is 2.45. The van der Waals surface area contributed by atoms with Crippen LogP contribution in [0.1, 0.15) is 40.9 Å². The number of nitrogens with one attached hydrogen (secondary N) is 1. The van der Waals surface area contributed by atoms with Crippen LogP contribution in [0, 0.1) is 19.8 Å². The van der Waals surface area contributed by atoms with Crippen LogP contribution < -0.4 is 5.32 Å². The molecule has 5 heteroatoms. The molecule has 3 atom stereocenters. The number of hydrogen-bond donors (Lipinski definition) is 1. The number of aromatic nitrogens is 1. The molecule has 2 saturated heterocycles. The van der Waals surface area contributed by atoms with Gasteiger partial charge in [-0.1, -0.05) is 0 Å². The third-order valence-electron chi connectivity index (χ3n) is 4.60. The molecule has 1 N–H and O–H groups in total. The van der Waals surface area contributed by atoms with E-state index in [-0.39, 0.29) is 5.60 Å². The topological polar surface area (TPSA) is 34.2 Å². The normalized spacial score (nSPS) is 31.9. The summed E-state index contributed by atoms with van der Waals surface area (Å²) in [5.74, 6) is 3.11. The Labute approximate surface area is 129 Å². The minimum atomic E-state index is 0.163. The second-order valence-electron chi connectivity index (χ2n) is 6.04. The Hall–Kier alpha value is -0.100. The van der Waals surface area contributed by atoms with Crippen molar-refractivity contribution < 1.29 is 4.74 Å². The Bertz CT molecular complexity index is 468. The molecule has 1 aromatic rings.